The maximum atomic E-state index is 12.1. The maximum Gasteiger partial charge on any atom is 0.338 e. The molecule has 0 bridgehead atoms. The van der Waals surface area contributed by atoms with Crippen molar-refractivity contribution in [1.29, 1.82) is 0 Å². The van der Waals surface area contributed by atoms with E-state index in [2.05, 4.69) is 15.5 Å². The molecule has 0 spiro atoms. The summed E-state index contributed by atoms with van der Waals surface area (Å²) in [6.45, 7) is 5.68. The van der Waals surface area contributed by atoms with E-state index in [0.717, 1.165) is 0 Å². The minimum atomic E-state index is -0.591. The Labute approximate surface area is 127 Å². The number of oxazole rings is 1. The SMILES string of the molecule is CC(C)(C)OC(=O)c1ccc(N=O)c(NCc2cnco2)c1. The lowest BCUT2D eigenvalue weighted by atomic mass is 10.1. The fourth-order valence-corrected chi connectivity index (χ4v) is 1.73. The first-order valence-electron chi connectivity index (χ1n) is 6.71. The van der Waals surface area contributed by atoms with E-state index in [1.807, 2.05) is 0 Å². The molecule has 0 saturated carbocycles. The van der Waals surface area contributed by atoms with E-state index < -0.39 is 11.6 Å². The molecule has 1 heterocycles. The van der Waals surface area contributed by atoms with Gasteiger partial charge in [0.25, 0.3) is 0 Å². The Morgan fingerprint density at radius 1 is 1.41 bits per heavy atom. The molecule has 1 aromatic heterocycles. The third-order valence-electron chi connectivity index (χ3n) is 2.67. The molecule has 0 aliphatic carbocycles. The highest BCUT2D eigenvalue weighted by atomic mass is 16.6. The lowest BCUT2D eigenvalue weighted by Gasteiger charge is -2.19. The fourth-order valence-electron chi connectivity index (χ4n) is 1.73. The van der Waals surface area contributed by atoms with Crippen molar-refractivity contribution in [1.82, 2.24) is 4.98 Å². The number of carbonyl (C=O) groups is 1. The van der Waals surface area contributed by atoms with E-state index in [1.54, 1.807) is 27.0 Å². The van der Waals surface area contributed by atoms with E-state index in [4.69, 9.17) is 9.15 Å². The number of nitrogens with one attached hydrogen (secondary N) is 1. The highest BCUT2D eigenvalue weighted by molar-refractivity contribution is 5.92. The maximum absolute atomic E-state index is 12.1. The molecule has 0 atom stereocenters. The molecule has 116 valence electrons. The molecule has 1 aromatic carbocycles. The summed E-state index contributed by atoms with van der Waals surface area (Å²) in [5.41, 5.74) is 0.371. The molecule has 1 N–H and O–H groups in total. The number of hydrogen-bond donors (Lipinski definition) is 1. The van der Waals surface area contributed by atoms with E-state index in [-0.39, 0.29) is 5.69 Å². The van der Waals surface area contributed by atoms with Crippen LogP contribution in [0.25, 0.3) is 0 Å². The minimum absolute atomic E-state index is 0.201. The van der Waals surface area contributed by atoms with Gasteiger partial charge in [0.15, 0.2) is 6.39 Å². The lowest BCUT2D eigenvalue weighted by Crippen LogP contribution is -2.23. The zero-order valence-corrected chi connectivity index (χ0v) is 12.6. The number of rotatable bonds is 5. The summed E-state index contributed by atoms with van der Waals surface area (Å²) in [4.78, 5) is 26.7. The number of ether oxygens (including phenoxy) is 1. The first-order chi connectivity index (χ1) is 10.4. The first kappa shape index (κ1) is 15.7. The van der Waals surface area contributed by atoms with Gasteiger partial charge in [-0.3, -0.25) is 0 Å². The summed E-state index contributed by atoms with van der Waals surface area (Å²) in [7, 11) is 0. The van der Waals surface area contributed by atoms with Crippen LogP contribution < -0.4 is 5.32 Å². The smallest absolute Gasteiger partial charge is 0.338 e. The summed E-state index contributed by atoms with van der Waals surface area (Å²) in [5.74, 6) is 0.132. The topological polar surface area (TPSA) is 93.8 Å². The van der Waals surface area contributed by atoms with Crippen molar-refractivity contribution in [3.63, 3.8) is 0 Å². The molecule has 7 nitrogen and oxygen atoms in total. The molecule has 0 aliphatic rings. The third-order valence-corrected chi connectivity index (χ3v) is 2.67. The van der Waals surface area contributed by atoms with Gasteiger partial charge in [0.1, 0.15) is 17.0 Å². The van der Waals surface area contributed by atoms with Crippen LogP contribution in [0, 0.1) is 4.91 Å². The summed E-state index contributed by atoms with van der Waals surface area (Å²) in [6, 6.07) is 4.50. The molecular weight excluding hydrogens is 286 g/mol. The van der Waals surface area contributed by atoms with Crippen LogP contribution in [-0.2, 0) is 11.3 Å². The second-order valence-corrected chi connectivity index (χ2v) is 5.65. The standard InChI is InChI=1S/C15H17N3O4/c1-15(2,3)22-14(19)10-4-5-12(18-20)13(6-10)17-8-11-7-16-9-21-11/h4-7,9,17H,8H2,1-3H3. The van der Waals surface area contributed by atoms with Gasteiger partial charge >= 0.3 is 5.97 Å². The Bertz CT molecular complexity index is 660. The molecule has 0 unspecified atom stereocenters. The molecule has 22 heavy (non-hydrogen) atoms. The molecule has 2 rings (SSSR count). The normalized spacial score (nSPS) is 11.0. The predicted molar refractivity (Wildman–Crippen MR) is 80.9 cm³/mol. The van der Waals surface area contributed by atoms with E-state index >= 15 is 0 Å². The number of esters is 1. The van der Waals surface area contributed by atoms with Crippen LogP contribution >= 0.6 is 0 Å². The largest absolute Gasteiger partial charge is 0.456 e. The summed E-state index contributed by atoms with van der Waals surface area (Å²) >= 11 is 0. The van der Waals surface area contributed by atoms with Crippen LogP contribution in [0.5, 0.6) is 0 Å². The lowest BCUT2D eigenvalue weighted by molar-refractivity contribution is 0.00696. The van der Waals surface area contributed by atoms with Gasteiger partial charge in [-0.2, -0.15) is 0 Å². The molecule has 7 heteroatoms. The zero-order chi connectivity index (χ0) is 16.2. The Balaban J connectivity index is 2.18. The second-order valence-electron chi connectivity index (χ2n) is 5.65. The van der Waals surface area contributed by atoms with Crippen LogP contribution in [-0.4, -0.2) is 16.6 Å². The Hall–Kier alpha value is -2.70. The highest BCUT2D eigenvalue weighted by Gasteiger charge is 2.19. The van der Waals surface area contributed by atoms with Gasteiger partial charge < -0.3 is 14.5 Å². The van der Waals surface area contributed by atoms with Crippen LogP contribution in [0.15, 0.2) is 40.4 Å². The highest BCUT2D eigenvalue weighted by Crippen LogP contribution is 2.27. The number of aromatic nitrogens is 1. The summed E-state index contributed by atoms with van der Waals surface area (Å²) in [6.07, 6.45) is 2.87. The molecule has 2 aromatic rings. The van der Waals surface area contributed by atoms with Crippen molar-refractivity contribution in [3.8, 4) is 0 Å². The van der Waals surface area contributed by atoms with Gasteiger partial charge in [0, 0.05) is 0 Å². The molecule has 0 saturated heterocycles. The number of carbonyl (C=O) groups excluding carboxylic acids is 1. The second kappa shape index (κ2) is 6.38. The van der Waals surface area contributed by atoms with Crippen LogP contribution in [0.2, 0.25) is 0 Å². The number of benzene rings is 1. The fraction of sp³-hybridized carbons (Fsp3) is 0.333. The van der Waals surface area contributed by atoms with Crippen molar-refractivity contribution >= 4 is 17.3 Å². The average Bonchev–Trinajstić information content (AvgIpc) is 2.96. The average molecular weight is 303 g/mol. The Morgan fingerprint density at radius 3 is 2.77 bits per heavy atom. The predicted octanol–water partition coefficient (Wildman–Crippen LogP) is 3.64. The van der Waals surface area contributed by atoms with Crippen molar-refractivity contribution < 1.29 is 13.9 Å². The van der Waals surface area contributed by atoms with E-state index in [9.17, 15) is 9.70 Å². The number of nitroso groups, excluding NO2 is 1. The van der Waals surface area contributed by atoms with Crippen LogP contribution in [0.3, 0.4) is 0 Å². The van der Waals surface area contributed by atoms with Crippen molar-refractivity contribution in [2.45, 2.75) is 32.9 Å². The molecule has 0 fully saturated rings. The van der Waals surface area contributed by atoms with Crippen LogP contribution in [0.1, 0.15) is 36.9 Å². The van der Waals surface area contributed by atoms with E-state index in [0.29, 0.717) is 23.6 Å². The first-order valence-corrected chi connectivity index (χ1v) is 6.71. The van der Waals surface area contributed by atoms with Gasteiger partial charge in [-0.1, -0.05) is 0 Å². The third kappa shape index (κ3) is 4.15. The van der Waals surface area contributed by atoms with Gasteiger partial charge in [-0.15, -0.1) is 4.91 Å². The van der Waals surface area contributed by atoms with E-state index in [1.165, 1.54) is 24.6 Å². The number of anilines is 1. The summed E-state index contributed by atoms with van der Waals surface area (Å²) in [5, 5.41) is 5.92. The Morgan fingerprint density at radius 2 is 2.18 bits per heavy atom. The zero-order valence-electron chi connectivity index (χ0n) is 12.6. The van der Waals surface area contributed by atoms with Gasteiger partial charge in [-0.05, 0) is 44.1 Å². The number of hydrogen-bond acceptors (Lipinski definition) is 7. The Kier molecular flexibility index (Phi) is 4.55. The summed E-state index contributed by atoms with van der Waals surface area (Å²) < 4.78 is 10.4. The monoisotopic (exact) mass is 303 g/mol. The quantitative estimate of drug-likeness (QED) is 0.669. The van der Waals surface area contributed by atoms with Crippen molar-refractivity contribution in [3.05, 3.63) is 47.0 Å². The molecule has 0 aliphatic heterocycles. The van der Waals surface area contributed by atoms with Gasteiger partial charge in [-0.25, -0.2) is 9.78 Å². The van der Waals surface area contributed by atoms with Crippen LogP contribution in [0.4, 0.5) is 11.4 Å². The molecule has 0 radical (unpaired) electrons. The van der Waals surface area contributed by atoms with Crippen molar-refractivity contribution in [2.75, 3.05) is 5.32 Å². The minimum Gasteiger partial charge on any atom is -0.456 e. The molecular formula is C15H17N3O4. The van der Waals surface area contributed by atoms with Gasteiger partial charge in [0.05, 0.1) is 24.0 Å². The number of nitrogens with zero attached hydrogens (tertiary/aromatic N) is 2. The van der Waals surface area contributed by atoms with Gasteiger partial charge in [0.2, 0.25) is 0 Å². The van der Waals surface area contributed by atoms with Crippen molar-refractivity contribution in [2.24, 2.45) is 5.18 Å². The molecule has 0 amide bonds.